The van der Waals surface area contributed by atoms with Gasteiger partial charge in [0.1, 0.15) is 0 Å². The van der Waals surface area contributed by atoms with Crippen LogP contribution in [0.4, 0.5) is 16.2 Å². The van der Waals surface area contributed by atoms with E-state index in [0.29, 0.717) is 17.2 Å². The molecule has 7 heteroatoms. The van der Waals surface area contributed by atoms with Crippen molar-refractivity contribution in [3.63, 3.8) is 0 Å². The van der Waals surface area contributed by atoms with Gasteiger partial charge in [0.2, 0.25) is 12.7 Å². The summed E-state index contributed by atoms with van der Waals surface area (Å²) in [5.41, 5.74) is 1.41. The molecule has 1 aliphatic heterocycles. The van der Waals surface area contributed by atoms with Crippen molar-refractivity contribution in [1.29, 1.82) is 0 Å². The van der Waals surface area contributed by atoms with Gasteiger partial charge < -0.3 is 19.7 Å². The monoisotopic (exact) mass is 327 g/mol. The second-order valence-corrected chi connectivity index (χ2v) is 5.26. The van der Waals surface area contributed by atoms with Gasteiger partial charge in [-0.1, -0.05) is 18.2 Å². The fraction of sp³-hybridized carbons (Fsp3) is 0.176. The summed E-state index contributed by atoms with van der Waals surface area (Å²) in [7, 11) is 1.78. The standard InChI is InChI=1S/C17H17N3O4/c1-20(13-5-3-2-4-6-13)10-16(21)19-17(22)18-12-7-8-14-15(9-12)24-11-23-14/h2-9H,10-11H2,1H3,(H2,18,19,21,22). The number of imide groups is 1. The molecular weight excluding hydrogens is 310 g/mol. The minimum Gasteiger partial charge on any atom is -0.454 e. The molecule has 0 spiro atoms. The number of likely N-dealkylation sites (N-methyl/N-ethyl adjacent to an activating group) is 1. The lowest BCUT2D eigenvalue weighted by atomic mass is 10.3. The number of benzene rings is 2. The van der Waals surface area contributed by atoms with E-state index in [1.165, 1.54) is 0 Å². The number of para-hydroxylation sites is 1. The van der Waals surface area contributed by atoms with E-state index >= 15 is 0 Å². The normalized spacial score (nSPS) is 11.7. The Morgan fingerprint density at radius 1 is 1.08 bits per heavy atom. The highest BCUT2D eigenvalue weighted by Crippen LogP contribution is 2.34. The number of ether oxygens (including phenoxy) is 2. The molecule has 0 atom stereocenters. The van der Waals surface area contributed by atoms with Crippen LogP contribution in [0, 0.1) is 0 Å². The zero-order valence-corrected chi connectivity index (χ0v) is 13.1. The summed E-state index contributed by atoms with van der Waals surface area (Å²) in [6.45, 7) is 0.230. The molecule has 7 nitrogen and oxygen atoms in total. The molecule has 3 rings (SSSR count). The molecule has 0 unspecified atom stereocenters. The van der Waals surface area contributed by atoms with E-state index in [1.807, 2.05) is 30.3 Å². The molecule has 0 aromatic heterocycles. The minimum absolute atomic E-state index is 0.0680. The van der Waals surface area contributed by atoms with Gasteiger partial charge in [0.05, 0.1) is 6.54 Å². The maximum absolute atomic E-state index is 12.0. The van der Waals surface area contributed by atoms with Gasteiger partial charge in [-0.3, -0.25) is 10.1 Å². The quantitative estimate of drug-likeness (QED) is 0.900. The molecule has 0 radical (unpaired) electrons. The van der Waals surface area contributed by atoms with Crippen molar-refractivity contribution >= 4 is 23.3 Å². The lowest BCUT2D eigenvalue weighted by Gasteiger charge is -2.18. The van der Waals surface area contributed by atoms with Gasteiger partial charge in [0, 0.05) is 24.5 Å². The summed E-state index contributed by atoms with van der Waals surface area (Å²) in [6, 6.07) is 13.9. The van der Waals surface area contributed by atoms with Crippen LogP contribution < -0.4 is 25.0 Å². The Hall–Kier alpha value is -3.22. The number of anilines is 2. The molecule has 124 valence electrons. The Morgan fingerprint density at radius 2 is 1.83 bits per heavy atom. The Balaban J connectivity index is 1.52. The van der Waals surface area contributed by atoms with E-state index in [2.05, 4.69) is 10.6 Å². The minimum atomic E-state index is -0.597. The highest BCUT2D eigenvalue weighted by molar-refractivity contribution is 6.02. The number of urea groups is 1. The van der Waals surface area contributed by atoms with Gasteiger partial charge in [0.25, 0.3) is 0 Å². The van der Waals surface area contributed by atoms with Crippen LogP contribution in [0.3, 0.4) is 0 Å². The predicted molar refractivity (Wildman–Crippen MR) is 89.4 cm³/mol. The van der Waals surface area contributed by atoms with Crippen molar-refractivity contribution in [3.05, 3.63) is 48.5 Å². The highest BCUT2D eigenvalue weighted by atomic mass is 16.7. The third-order valence-corrected chi connectivity index (χ3v) is 3.46. The molecule has 2 aromatic rings. The molecule has 0 bridgehead atoms. The summed E-state index contributed by atoms with van der Waals surface area (Å²) >= 11 is 0. The molecule has 24 heavy (non-hydrogen) atoms. The summed E-state index contributed by atoms with van der Waals surface area (Å²) < 4.78 is 10.4. The molecular formula is C17H17N3O4. The maximum atomic E-state index is 12.0. The van der Waals surface area contributed by atoms with E-state index in [0.717, 1.165) is 5.69 Å². The van der Waals surface area contributed by atoms with E-state index < -0.39 is 11.9 Å². The van der Waals surface area contributed by atoms with Crippen molar-refractivity contribution in [3.8, 4) is 11.5 Å². The topological polar surface area (TPSA) is 79.9 Å². The number of hydrogen-bond acceptors (Lipinski definition) is 5. The zero-order valence-electron chi connectivity index (χ0n) is 13.1. The molecule has 3 amide bonds. The predicted octanol–water partition coefficient (Wildman–Crippen LogP) is 2.20. The highest BCUT2D eigenvalue weighted by Gasteiger charge is 2.15. The molecule has 0 fully saturated rings. The third kappa shape index (κ3) is 3.75. The van der Waals surface area contributed by atoms with Crippen molar-refractivity contribution in [1.82, 2.24) is 5.32 Å². The Morgan fingerprint density at radius 3 is 2.62 bits per heavy atom. The van der Waals surface area contributed by atoms with Crippen LogP contribution in [-0.2, 0) is 4.79 Å². The van der Waals surface area contributed by atoms with Crippen molar-refractivity contribution in [2.45, 2.75) is 0 Å². The van der Waals surface area contributed by atoms with E-state index in [4.69, 9.17) is 9.47 Å². The molecule has 0 saturated carbocycles. The van der Waals surface area contributed by atoms with Crippen LogP contribution in [0.5, 0.6) is 11.5 Å². The van der Waals surface area contributed by atoms with Crippen LogP contribution in [-0.4, -0.2) is 32.3 Å². The maximum Gasteiger partial charge on any atom is 0.325 e. The lowest BCUT2D eigenvalue weighted by molar-refractivity contribution is -0.118. The van der Waals surface area contributed by atoms with Crippen LogP contribution in [0.15, 0.2) is 48.5 Å². The number of amides is 3. The second kappa shape index (κ2) is 6.91. The van der Waals surface area contributed by atoms with Gasteiger partial charge in [-0.2, -0.15) is 0 Å². The first-order chi connectivity index (χ1) is 11.6. The van der Waals surface area contributed by atoms with E-state index in [1.54, 1.807) is 30.1 Å². The van der Waals surface area contributed by atoms with Gasteiger partial charge >= 0.3 is 6.03 Å². The molecule has 0 aliphatic carbocycles. The van der Waals surface area contributed by atoms with Crippen LogP contribution in [0.1, 0.15) is 0 Å². The fourth-order valence-corrected chi connectivity index (χ4v) is 2.29. The summed E-state index contributed by atoms with van der Waals surface area (Å²) in [5, 5.41) is 4.88. The zero-order chi connectivity index (χ0) is 16.9. The molecule has 0 saturated heterocycles. The molecule has 2 aromatic carbocycles. The van der Waals surface area contributed by atoms with Gasteiger partial charge in [-0.15, -0.1) is 0 Å². The molecule has 1 heterocycles. The van der Waals surface area contributed by atoms with Crippen molar-refractivity contribution < 1.29 is 19.1 Å². The third-order valence-electron chi connectivity index (χ3n) is 3.46. The Kier molecular flexibility index (Phi) is 4.51. The summed E-state index contributed by atoms with van der Waals surface area (Å²) in [4.78, 5) is 25.6. The van der Waals surface area contributed by atoms with Gasteiger partial charge in [-0.05, 0) is 24.3 Å². The number of hydrogen-bond donors (Lipinski definition) is 2. The van der Waals surface area contributed by atoms with E-state index in [-0.39, 0.29) is 13.3 Å². The SMILES string of the molecule is CN(CC(=O)NC(=O)Nc1ccc2c(c1)OCO2)c1ccccc1. The fourth-order valence-electron chi connectivity index (χ4n) is 2.29. The number of fused-ring (bicyclic) bond motifs is 1. The number of carbonyl (C=O) groups excluding carboxylic acids is 2. The van der Waals surface area contributed by atoms with Crippen molar-refractivity contribution in [2.24, 2.45) is 0 Å². The van der Waals surface area contributed by atoms with E-state index in [9.17, 15) is 9.59 Å². The first kappa shape index (κ1) is 15.7. The average Bonchev–Trinajstić information content (AvgIpc) is 3.03. The lowest BCUT2D eigenvalue weighted by Crippen LogP contribution is -2.40. The van der Waals surface area contributed by atoms with Gasteiger partial charge in [0.15, 0.2) is 11.5 Å². The Labute approximate surface area is 139 Å². The number of carbonyl (C=O) groups is 2. The van der Waals surface area contributed by atoms with Crippen molar-refractivity contribution in [2.75, 3.05) is 30.6 Å². The largest absolute Gasteiger partial charge is 0.454 e. The van der Waals surface area contributed by atoms with Gasteiger partial charge in [-0.25, -0.2) is 4.79 Å². The number of nitrogens with one attached hydrogen (secondary N) is 2. The smallest absolute Gasteiger partial charge is 0.325 e. The van der Waals surface area contributed by atoms with Crippen LogP contribution in [0.2, 0.25) is 0 Å². The molecule has 2 N–H and O–H groups in total. The molecule has 1 aliphatic rings. The average molecular weight is 327 g/mol. The van der Waals surface area contributed by atoms with Crippen LogP contribution >= 0.6 is 0 Å². The second-order valence-electron chi connectivity index (χ2n) is 5.26. The van der Waals surface area contributed by atoms with Crippen LogP contribution in [0.25, 0.3) is 0 Å². The summed E-state index contributed by atoms with van der Waals surface area (Å²) in [5.74, 6) is 0.782. The Bertz CT molecular complexity index is 749. The summed E-state index contributed by atoms with van der Waals surface area (Å²) in [6.07, 6.45) is 0. The number of nitrogens with zero attached hydrogens (tertiary/aromatic N) is 1. The first-order valence-corrected chi connectivity index (χ1v) is 7.38. The number of rotatable bonds is 4. The first-order valence-electron chi connectivity index (χ1n) is 7.38.